The first-order chi connectivity index (χ1) is 8.16. The number of halogens is 1. The van der Waals surface area contributed by atoms with E-state index in [-0.39, 0.29) is 5.91 Å². The zero-order valence-electron chi connectivity index (χ0n) is 9.87. The molecule has 2 aliphatic carbocycles. The maximum atomic E-state index is 12.1. The Hall–Kier alpha value is -0.830. The van der Waals surface area contributed by atoms with Gasteiger partial charge in [0.05, 0.1) is 0 Å². The van der Waals surface area contributed by atoms with Crippen LogP contribution in [0, 0.1) is 24.7 Å². The predicted octanol–water partition coefficient (Wildman–Crippen LogP) is 3.74. The van der Waals surface area contributed by atoms with Crippen LogP contribution in [0.3, 0.4) is 0 Å². The van der Waals surface area contributed by atoms with Crippen molar-refractivity contribution in [3.05, 3.63) is 28.2 Å². The summed E-state index contributed by atoms with van der Waals surface area (Å²) in [7, 11) is 0. The van der Waals surface area contributed by atoms with Gasteiger partial charge in [0.2, 0.25) is 5.91 Å². The minimum absolute atomic E-state index is 0.223. The molecule has 0 heterocycles. The van der Waals surface area contributed by atoms with E-state index in [1.807, 2.05) is 25.1 Å². The van der Waals surface area contributed by atoms with Crippen LogP contribution in [-0.2, 0) is 4.79 Å². The standard InChI is InChI=1S/C14H16BrNO/c1-8-5-6-9(15)7-12(8)16-14(17)13-10-3-2-4-11(10)13/h5-7,10-11,13H,2-4H2,1H3,(H,16,17). The fraction of sp³-hybridized carbons (Fsp3) is 0.500. The monoisotopic (exact) mass is 293 g/mol. The average molecular weight is 294 g/mol. The molecule has 3 rings (SSSR count). The first kappa shape index (κ1) is 11.3. The summed E-state index contributed by atoms with van der Waals surface area (Å²) in [6.07, 6.45) is 3.81. The van der Waals surface area contributed by atoms with E-state index in [4.69, 9.17) is 0 Å². The summed E-state index contributed by atoms with van der Waals surface area (Å²) < 4.78 is 1.01. The van der Waals surface area contributed by atoms with E-state index in [2.05, 4.69) is 21.2 Å². The lowest BCUT2D eigenvalue weighted by atomic mass is 10.1. The van der Waals surface area contributed by atoms with Gasteiger partial charge in [-0.1, -0.05) is 28.4 Å². The van der Waals surface area contributed by atoms with E-state index < -0.39 is 0 Å². The van der Waals surface area contributed by atoms with E-state index in [9.17, 15) is 4.79 Å². The Morgan fingerprint density at radius 1 is 1.35 bits per heavy atom. The maximum absolute atomic E-state index is 12.1. The summed E-state index contributed by atoms with van der Waals surface area (Å²) in [6, 6.07) is 6.00. The lowest BCUT2D eigenvalue weighted by molar-refractivity contribution is -0.118. The Balaban J connectivity index is 1.71. The first-order valence-electron chi connectivity index (χ1n) is 6.24. The van der Waals surface area contributed by atoms with Crippen LogP contribution in [0.5, 0.6) is 0 Å². The number of anilines is 1. The topological polar surface area (TPSA) is 29.1 Å². The van der Waals surface area contributed by atoms with Crippen LogP contribution in [0.15, 0.2) is 22.7 Å². The van der Waals surface area contributed by atoms with E-state index in [1.165, 1.54) is 19.3 Å². The summed E-state index contributed by atoms with van der Waals surface area (Å²) in [5, 5.41) is 3.07. The predicted molar refractivity (Wildman–Crippen MR) is 71.8 cm³/mol. The van der Waals surface area contributed by atoms with Crippen molar-refractivity contribution in [2.75, 3.05) is 5.32 Å². The van der Waals surface area contributed by atoms with Gasteiger partial charge < -0.3 is 5.32 Å². The third kappa shape index (κ3) is 2.01. The molecule has 0 spiro atoms. The molecular weight excluding hydrogens is 278 g/mol. The van der Waals surface area contributed by atoms with Crippen LogP contribution in [0.2, 0.25) is 0 Å². The molecule has 2 fully saturated rings. The lowest BCUT2D eigenvalue weighted by Gasteiger charge is -2.09. The maximum Gasteiger partial charge on any atom is 0.228 e. The van der Waals surface area contributed by atoms with Crippen molar-refractivity contribution < 1.29 is 4.79 Å². The molecule has 0 bridgehead atoms. The Morgan fingerprint density at radius 3 is 2.76 bits per heavy atom. The van der Waals surface area contributed by atoms with Gasteiger partial charge in [-0.25, -0.2) is 0 Å². The molecule has 1 amide bonds. The molecule has 3 heteroatoms. The Labute approximate surface area is 110 Å². The van der Waals surface area contributed by atoms with E-state index in [1.54, 1.807) is 0 Å². The van der Waals surface area contributed by atoms with Gasteiger partial charge in [0.15, 0.2) is 0 Å². The number of aryl methyl sites for hydroxylation is 1. The van der Waals surface area contributed by atoms with Crippen LogP contribution >= 0.6 is 15.9 Å². The normalized spacial score (nSPS) is 29.9. The summed E-state index contributed by atoms with van der Waals surface area (Å²) in [5.74, 6) is 1.88. The van der Waals surface area contributed by atoms with E-state index in [0.29, 0.717) is 17.8 Å². The molecule has 2 unspecified atom stereocenters. The number of hydrogen-bond acceptors (Lipinski definition) is 1. The molecule has 2 nitrogen and oxygen atoms in total. The summed E-state index contributed by atoms with van der Waals surface area (Å²) in [5.41, 5.74) is 2.06. The van der Waals surface area contributed by atoms with Gasteiger partial charge in [0.25, 0.3) is 0 Å². The zero-order valence-corrected chi connectivity index (χ0v) is 11.5. The summed E-state index contributed by atoms with van der Waals surface area (Å²) >= 11 is 3.44. The first-order valence-corrected chi connectivity index (χ1v) is 7.03. The van der Waals surface area contributed by atoms with Crippen LogP contribution in [-0.4, -0.2) is 5.91 Å². The molecule has 1 aromatic rings. The van der Waals surface area contributed by atoms with Crippen LogP contribution in [0.4, 0.5) is 5.69 Å². The van der Waals surface area contributed by atoms with Crippen molar-refractivity contribution in [1.29, 1.82) is 0 Å². The Kier molecular flexibility index (Phi) is 2.74. The molecule has 2 aliphatic rings. The second-order valence-electron chi connectivity index (χ2n) is 5.23. The van der Waals surface area contributed by atoms with Gasteiger partial charge in [-0.15, -0.1) is 0 Å². The quantitative estimate of drug-likeness (QED) is 0.884. The number of carbonyl (C=O) groups excluding carboxylic acids is 1. The number of carbonyl (C=O) groups is 1. The molecule has 0 aliphatic heterocycles. The second-order valence-corrected chi connectivity index (χ2v) is 6.15. The molecule has 90 valence electrons. The highest BCUT2D eigenvalue weighted by molar-refractivity contribution is 9.10. The van der Waals surface area contributed by atoms with Gasteiger partial charge in [0, 0.05) is 16.1 Å². The van der Waals surface area contributed by atoms with Gasteiger partial charge in [0.1, 0.15) is 0 Å². The third-order valence-corrected chi connectivity index (χ3v) is 4.66. The molecular formula is C14H16BrNO. The number of nitrogens with one attached hydrogen (secondary N) is 1. The highest BCUT2D eigenvalue weighted by atomic mass is 79.9. The van der Waals surface area contributed by atoms with E-state index >= 15 is 0 Å². The van der Waals surface area contributed by atoms with Crippen molar-refractivity contribution in [1.82, 2.24) is 0 Å². The number of benzene rings is 1. The number of hydrogen-bond donors (Lipinski definition) is 1. The summed E-state index contributed by atoms with van der Waals surface area (Å²) in [6.45, 7) is 2.02. The second kappa shape index (κ2) is 4.13. The van der Waals surface area contributed by atoms with Gasteiger partial charge in [-0.3, -0.25) is 4.79 Å². The SMILES string of the molecule is Cc1ccc(Br)cc1NC(=O)C1C2CCCC21. The smallest absolute Gasteiger partial charge is 0.228 e. The van der Waals surface area contributed by atoms with Gasteiger partial charge in [-0.05, 0) is 49.3 Å². The highest BCUT2D eigenvalue weighted by Gasteiger charge is 2.56. The third-order valence-electron chi connectivity index (χ3n) is 4.17. The van der Waals surface area contributed by atoms with Gasteiger partial charge >= 0.3 is 0 Å². The van der Waals surface area contributed by atoms with Crippen molar-refractivity contribution in [2.45, 2.75) is 26.2 Å². The van der Waals surface area contributed by atoms with E-state index in [0.717, 1.165) is 15.7 Å². The van der Waals surface area contributed by atoms with Crippen LogP contribution < -0.4 is 5.32 Å². The minimum atomic E-state index is 0.223. The molecule has 2 saturated carbocycles. The molecule has 2 atom stereocenters. The van der Waals surface area contributed by atoms with Crippen molar-refractivity contribution in [2.24, 2.45) is 17.8 Å². The minimum Gasteiger partial charge on any atom is -0.326 e. The lowest BCUT2D eigenvalue weighted by Crippen LogP contribution is -2.17. The number of fused-ring (bicyclic) bond motifs is 1. The fourth-order valence-corrected chi connectivity index (χ4v) is 3.52. The van der Waals surface area contributed by atoms with Crippen molar-refractivity contribution >= 4 is 27.5 Å². The highest BCUT2D eigenvalue weighted by Crippen LogP contribution is 2.57. The Morgan fingerprint density at radius 2 is 2.06 bits per heavy atom. The van der Waals surface area contributed by atoms with Crippen molar-refractivity contribution in [3.8, 4) is 0 Å². The number of amides is 1. The fourth-order valence-electron chi connectivity index (χ4n) is 3.16. The zero-order chi connectivity index (χ0) is 12.0. The van der Waals surface area contributed by atoms with Crippen LogP contribution in [0.25, 0.3) is 0 Å². The molecule has 0 aromatic heterocycles. The van der Waals surface area contributed by atoms with Crippen molar-refractivity contribution in [3.63, 3.8) is 0 Å². The molecule has 0 saturated heterocycles. The molecule has 17 heavy (non-hydrogen) atoms. The van der Waals surface area contributed by atoms with Crippen LogP contribution in [0.1, 0.15) is 24.8 Å². The molecule has 1 aromatic carbocycles. The molecule has 1 N–H and O–H groups in total. The summed E-state index contributed by atoms with van der Waals surface area (Å²) in [4.78, 5) is 12.1. The average Bonchev–Trinajstić information content (AvgIpc) is 2.78. The Bertz CT molecular complexity index is 461. The van der Waals surface area contributed by atoms with Gasteiger partial charge in [-0.2, -0.15) is 0 Å². The number of rotatable bonds is 2. The molecule has 0 radical (unpaired) electrons. The largest absolute Gasteiger partial charge is 0.326 e.